The lowest BCUT2D eigenvalue weighted by Crippen LogP contribution is -2.43. The summed E-state index contributed by atoms with van der Waals surface area (Å²) in [4.78, 5) is 15.9. The average Bonchev–Trinajstić information content (AvgIpc) is 3.50. The van der Waals surface area contributed by atoms with Crippen LogP contribution in [-0.4, -0.2) is 32.4 Å². The second kappa shape index (κ2) is 7.52. The lowest BCUT2D eigenvalue weighted by molar-refractivity contribution is -0.121. The van der Waals surface area contributed by atoms with Gasteiger partial charge in [0.05, 0.1) is 10.8 Å². The third kappa shape index (κ3) is 3.56. The highest BCUT2D eigenvalue weighted by Gasteiger charge is 2.42. The molecule has 2 saturated carbocycles. The number of amides is 1. The summed E-state index contributed by atoms with van der Waals surface area (Å²) in [5.74, 6) is 2.82. The molecule has 0 unspecified atom stereocenters. The molecule has 2 aliphatic carbocycles. The molecule has 3 aromatic rings. The van der Waals surface area contributed by atoms with Crippen LogP contribution in [0.4, 0.5) is 0 Å². The Morgan fingerprint density at radius 2 is 2.10 bits per heavy atom. The third-order valence-electron chi connectivity index (χ3n) is 6.68. The lowest BCUT2D eigenvalue weighted by atomic mass is 9.84. The summed E-state index contributed by atoms with van der Waals surface area (Å²) >= 11 is 1.31. The molecule has 1 aromatic carbocycles. The van der Waals surface area contributed by atoms with E-state index in [4.69, 9.17) is 4.42 Å². The Morgan fingerprint density at radius 3 is 2.90 bits per heavy atom. The first-order chi connectivity index (χ1) is 14.1. The number of para-hydroxylation sites is 1. The third-order valence-corrected chi connectivity index (χ3v) is 7.61. The van der Waals surface area contributed by atoms with Gasteiger partial charge in [0.2, 0.25) is 5.91 Å². The Kier molecular flexibility index (Phi) is 4.86. The highest BCUT2D eigenvalue weighted by atomic mass is 32.2. The summed E-state index contributed by atoms with van der Waals surface area (Å²) in [6, 6.07) is 8.22. The molecule has 152 valence electrons. The minimum absolute atomic E-state index is 0.0390. The number of rotatable bonds is 6. The van der Waals surface area contributed by atoms with Crippen LogP contribution < -0.4 is 5.32 Å². The van der Waals surface area contributed by atoms with Crippen molar-refractivity contribution in [3.05, 3.63) is 30.5 Å². The zero-order valence-corrected chi connectivity index (χ0v) is 17.5. The highest BCUT2D eigenvalue weighted by molar-refractivity contribution is 8.00. The number of thioether (sulfide) groups is 1. The van der Waals surface area contributed by atoms with Crippen molar-refractivity contribution >= 4 is 28.6 Å². The summed E-state index contributed by atoms with van der Waals surface area (Å²) in [5, 5.41) is 12.7. The number of H-pyrrole nitrogens is 1. The number of aromatic amines is 1. The normalized spacial score (nSPS) is 25.4. The maximum atomic E-state index is 12.7. The van der Waals surface area contributed by atoms with E-state index in [0.29, 0.717) is 17.0 Å². The number of carbonyl (C=O) groups is 1. The minimum atomic E-state index is -0.285. The van der Waals surface area contributed by atoms with E-state index in [1.807, 2.05) is 37.4 Å². The fourth-order valence-corrected chi connectivity index (χ4v) is 5.87. The molecule has 2 aromatic heterocycles. The quantitative estimate of drug-likeness (QED) is 0.579. The van der Waals surface area contributed by atoms with Gasteiger partial charge < -0.3 is 14.7 Å². The lowest BCUT2D eigenvalue weighted by Gasteiger charge is -2.29. The molecule has 5 rings (SSSR count). The highest BCUT2D eigenvalue weighted by Crippen LogP contribution is 2.49. The molecule has 2 N–H and O–H groups in total. The van der Waals surface area contributed by atoms with E-state index in [2.05, 4.69) is 27.4 Å². The number of hydrogen-bond acceptors (Lipinski definition) is 5. The van der Waals surface area contributed by atoms with Gasteiger partial charge in [-0.25, -0.2) is 0 Å². The molecule has 0 aliphatic heterocycles. The van der Waals surface area contributed by atoms with Crippen LogP contribution in [0.5, 0.6) is 0 Å². The van der Waals surface area contributed by atoms with Gasteiger partial charge in [-0.15, -0.1) is 10.2 Å². The largest absolute Gasteiger partial charge is 0.411 e. The van der Waals surface area contributed by atoms with E-state index in [-0.39, 0.29) is 17.2 Å². The second-order valence-corrected chi connectivity index (χ2v) is 9.81. The van der Waals surface area contributed by atoms with Gasteiger partial charge in [0.1, 0.15) is 0 Å². The maximum Gasteiger partial charge on any atom is 0.277 e. The van der Waals surface area contributed by atoms with Crippen LogP contribution >= 0.6 is 11.8 Å². The molecule has 0 spiro atoms. The summed E-state index contributed by atoms with van der Waals surface area (Å²) in [6.07, 6.45) is 7.21. The number of hydrogen-bond donors (Lipinski definition) is 2. The van der Waals surface area contributed by atoms with Gasteiger partial charge >= 0.3 is 0 Å². The van der Waals surface area contributed by atoms with Gasteiger partial charge in [0.25, 0.3) is 11.1 Å². The standard InChI is InChI=1S/C22H26N4O2S/c1-12(17-10-14-7-8-15(17)9-14)24-20(27)13(2)29-22-26-25-21(28-22)18-11-23-19-6-4-3-5-16(18)19/h3-6,11-15,17,23H,7-10H2,1-2H3,(H,24,27)/t12-,13+,14+,15+,17+/m1/s1. The summed E-state index contributed by atoms with van der Waals surface area (Å²) in [6.45, 7) is 4.05. The first-order valence-electron chi connectivity index (χ1n) is 10.5. The number of nitrogens with one attached hydrogen (secondary N) is 2. The Bertz CT molecular complexity index is 1030. The number of aromatic nitrogens is 3. The second-order valence-electron chi connectivity index (χ2n) is 8.52. The van der Waals surface area contributed by atoms with Crippen LogP contribution in [0, 0.1) is 17.8 Å². The van der Waals surface area contributed by atoms with Gasteiger partial charge in [-0.1, -0.05) is 36.4 Å². The molecule has 7 heteroatoms. The number of nitrogens with zero attached hydrogens (tertiary/aromatic N) is 2. The Labute approximate surface area is 174 Å². The molecule has 2 fully saturated rings. The molecule has 1 amide bonds. The Balaban J connectivity index is 1.22. The molecule has 6 nitrogen and oxygen atoms in total. The van der Waals surface area contributed by atoms with Gasteiger partial charge in [0.15, 0.2) is 0 Å². The smallest absolute Gasteiger partial charge is 0.277 e. The average molecular weight is 411 g/mol. The van der Waals surface area contributed by atoms with Crippen molar-refractivity contribution in [1.29, 1.82) is 0 Å². The van der Waals surface area contributed by atoms with E-state index in [1.54, 1.807) is 0 Å². The van der Waals surface area contributed by atoms with Gasteiger partial charge in [-0.05, 0) is 56.9 Å². The molecule has 2 bridgehead atoms. The molecule has 2 heterocycles. The molecular weight excluding hydrogens is 384 g/mol. The van der Waals surface area contributed by atoms with Crippen molar-refractivity contribution in [2.24, 2.45) is 17.8 Å². The molecule has 0 radical (unpaired) electrons. The first kappa shape index (κ1) is 18.7. The van der Waals surface area contributed by atoms with Crippen molar-refractivity contribution in [2.45, 2.75) is 56.0 Å². The van der Waals surface area contributed by atoms with Crippen molar-refractivity contribution in [1.82, 2.24) is 20.5 Å². The molecule has 2 aliphatic rings. The van der Waals surface area contributed by atoms with E-state index in [0.717, 1.165) is 28.3 Å². The predicted octanol–water partition coefficient (Wildman–Crippen LogP) is 4.64. The zero-order chi connectivity index (χ0) is 20.0. The van der Waals surface area contributed by atoms with Gasteiger partial charge in [-0.3, -0.25) is 4.79 Å². The number of carbonyl (C=O) groups excluding carboxylic acids is 1. The zero-order valence-electron chi connectivity index (χ0n) is 16.7. The predicted molar refractivity (Wildman–Crippen MR) is 113 cm³/mol. The van der Waals surface area contributed by atoms with Crippen LogP contribution in [0.15, 0.2) is 40.1 Å². The van der Waals surface area contributed by atoms with Crippen LogP contribution in [0.1, 0.15) is 39.5 Å². The summed E-state index contributed by atoms with van der Waals surface area (Å²) in [5.41, 5.74) is 1.90. The fourth-order valence-electron chi connectivity index (χ4n) is 5.17. The van der Waals surface area contributed by atoms with Crippen LogP contribution in [0.3, 0.4) is 0 Å². The SMILES string of the molecule is C[C@H](Sc1nnc(-c2c[nH]c3ccccc23)o1)C(=O)N[C@H](C)[C@@H]1C[C@H]2CC[C@H]1C2. The van der Waals surface area contributed by atoms with Crippen molar-refractivity contribution in [3.8, 4) is 11.5 Å². The van der Waals surface area contributed by atoms with E-state index < -0.39 is 0 Å². The van der Waals surface area contributed by atoms with Crippen molar-refractivity contribution < 1.29 is 9.21 Å². The van der Waals surface area contributed by atoms with E-state index in [9.17, 15) is 4.79 Å². The number of benzene rings is 1. The molecule has 0 saturated heterocycles. The summed E-state index contributed by atoms with van der Waals surface area (Å²) in [7, 11) is 0. The maximum absolute atomic E-state index is 12.7. The molecule has 29 heavy (non-hydrogen) atoms. The first-order valence-corrected chi connectivity index (χ1v) is 11.3. The van der Waals surface area contributed by atoms with E-state index in [1.165, 1.54) is 37.4 Å². The van der Waals surface area contributed by atoms with Gasteiger partial charge in [-0.2, -0.15) is 0 Å². The Hall–Kier alpha value is -2.28. The monoisotopic (exact) mass is 410 g/mol. The molecular formula is C22H26N4O2S. The van der Waals surface area contributed by atoms with Crippen LogP contribution in [0.2, 0.25) is 0 Å². The van der Waals surface area contributed by atoms with Crippen LogP contribution in [0.25, 0.3) is 22.4 Å². The topological polar surface area (TPSA) is 83.8 Å². The minimum Gasteiger partial charge on any atom is -0.411 e. The van der Waals surface area contributed by atoms with Crippen molar-refractivity contribution in [3.63, 3.8) is 0 Å². The van der Waals surface area contributed by atoms with Gasteiger partial charge in [0, 0.05) is 23.1 Å². The van der Waals surface area contributed by atoms with Crippen LogP contribution in [-0.2, 0) is 4.79 Å². The van der Waals surface area contributed by atoms with E-state index >= 15 is 0 Å². The summed E-state index contributed by atoms with van der Waals surface area (Å²) < 4.78 is 5.84. The fraction of sp³-hybridized carbons (Fsp3) is 0.500. The molecule has 5 atom stereocenters. The number of fused-ring (bicyclic) bond motifs is 3. The Morgan fingerprint density at radius 1 is 1.24 bits per heavy atom. The van der Waals surface area contributed by atoms with Crippen molar-refractivity contribution in [2.75, 3.05) is 0 Å².